The van der Waals surface area contributed by atoms with E-state index in [1.807, 2.05) is 0 Å². The lowest BCUT2D eigenvalue weighted by molar-refractivity contribution is -0.192. The largest absolute Gasteiger partial charge is 0.418 e. The van der Waals surface area contributed by atoms with Crippen LogP contribution in [0.2, 0.25) is 0 Å². The SMILES string of the molecule is C=C(C(=O)NCc1ccccc1)C(O)C(F)(F)F. The third-order valence-corrected chi connectivity index (χ3v) is 2.23. The van der Waals surface area contributed by atoms with Crippen molar-refractivity contribution in [2.75, 3.05) is 0 Å². The molecule has 1 aromatic carbocycles. The summed E-state index contributed by atoms with van der Waals surface area (Å²) in [6.45, 7) is 3.02. The smallest absolute Gasteiger partial charge is 0.379 e. The van der Waals surface area contributed by atoms with E-state index in [2.05, 4.69) is 11.9 Å². The highest BCUT2D eigenvalue weighted by molar-refractivity contribution is 5.93. The summed E-state index contributed by atoms with van der Waals surface area (Å²) < 4.78 is 36.4. The Morgan fingerprint density at radius 3 is 2.39 bits per heavy atom. The molecule has 98 valence electrons. The molecule has 1 aromatic rings. The molecule has 1 amide bonds. The van der Waals surface area contributed by atoms with Crippen LogP contribution in [0.25, 0.3) is 0 Å². The first-order valence-corrected chi connectivity index (χ1v) is 5.08. The summed E-state index contributed by atoms with van der Waals surface area (Å²) in [7, 11) is 0. The van der Waals surface area contributed by atoms with Crippen LogP contribution in [0.4, 0.5) is 13.2 Å². The van der Waals surface area contributed by atoms with Gasteiger partial charge in [-0.15, -0.1) is 0 Å². The molecule has 0 radical (unpaired) electrons. The van der Waals surface area contributed by atoms with Gasteiger partial charge in [-0.3, -0.25) is 4.79 Å². The van der Waals surface area contributed by atoms with Crippen LogP contribution in [0.15, 0.2) is 42.5 Å². The van der Waals surface area contributed by atoms with Crippen molar-refractivity contribution < 1.29 is 23.1 Å². The van der Waals surface area contributed by atoms with Crippen LogP contribution in [0.5, 0.6) is 0 Å². The Balaban J connectivity index is 2.54. The normalized spacial score (nSPS) is 12.9. The van der Waals surface area contributed by atoms with Gasteiger partial charge in [0.15, 0.2) is 6.10 Å². The van der Waals surface area contributed by atoms with Crippen LogP contribution in [0.1, 0.15) is 5.56 Å². The number of aliphatic hydroxyl groups excluding tert-OH is 1. The number of nitrogens with one attached hydrogen (secondary N) is 1. The zero-order valence-corrected chi connectivity index (χ0v) is 9.37. The van der Waals surface area contributed by atoms with Crippen LogP contribution >= 0.6 is 0 Å². The molecule has 0 fully saturated rings. The van der Waals surface area contributed by atoms with E-state index in [0.717, 1.165) is 5.56 Å². The predicted octanol–water partition coefficient (Wildman–Crippen LogP) is 1.78. The number of carbonyl (C=O) groups excluding carboxylic acids is 1. The van der Waals surface area contributed by atoms with Crippen molar-refractivity contribution in [3.63, 3.8) is 0 Å². The van der Waals surface area contributed by atoms with Crippen molar-refractivity contribution in [3.8, 4) is 0 Å². The van der Waals surface area contributed by atoms with Crippen LogP contribution in [-0.4, -0.2) is 23.3 Å². The van der Waals surface area contributed by atoms with E-state index in [1.165, 1.54) is 0 Å². The molecule has 2 N–H and O–H groups in total. The Bertz CT molecular complexity index is 429. The Kier molecular flexibility index (Phi) is 4.49. The zero-order chi connectivity index (χ0) is 13.8. The van der Waals surface area contributed by atoms with Crippen molar-refractivity contribution in [2.45, 2.75) is 18.8 Å². The Hall–Kier alpha value is -1.82. The average molecular weight is 259 g/mol. The van der Waals surface area contributed by atoms with Crippen LogP contribution in [-0.2, 0) is 11.3 Å². The second-order valence-corrected chi connectivity index (χ2v) is 3.64. The molecule has 0 spiro atoms. The maximum Gasteiger partial charge on any atom is 0.418 e. The quantitative estimate of drug-likeness (QED) is 0.810. The van der Waals surface area contributed by atoms with Crippen LogP contribution in [0.3, 0.4) is 0 Å². The zero-order valence-electron chi connectivity index (χ0n) is 9.37. The van der Waals surface area contributed by atoms with Crippen molar-refractivity contribution in [1.82, 2.24) is 5.32 Å². The average Bonchev–Trinajstić information content (AvgIpc) is 2.34. The van der Waals surface area contributed by atoms with Crippen LogP contribution in [0, 0.1) is 0 Å². The molecule has 1 rings (SSSR count). The highest BCUT2D eigenvalue weighted by Gasteiger charge is 2.42. The van der Waals surface area contributed by atoms with E-state index in [-0.39, 0.29) is 6.54 Å². The topological polar surface area (TPSA) is 49.3 Å². The maximum atomic E-state index is 12.1. The fourth-order valence-electron chi connectivity index (χ4n) is 1.21. The van der Waals surface area contributed by atoms with Gasteiger partial charge in [-0.1, -0.05) is 36.9 Å². The second kappa shape index (κ2) is 5.68. The lowest BCUT2D eigenvalue weighted by atomic mass is 10.1. The summed E-state index contributed by atoms with van der Waals surface area (Å²) >= 11 is 0. The van der Waals surface area contributed by atoms with Gasteiger partial charge in [0.25, 0.3) is 0 Å². The van der Waals surface area contributed by atoms with Gasteiger partial charge in [0.05, 0.1) is 0 Å². The first kappa shape index (κ1) is 14.2. The molecule has 1 unspecified atom stereocenters. The number of halogens is 3. The lowest BCUT2D eigenvalue weighted by Crippen LogP contribution is -2.37. The Labute approximate surface area is 102 Å². The number of hydrogen-bond acceptors (Lipinski definition) is 2. The number of hydrogen-bond donors (Lipinski definition) is 2. The van der Waals surface area contributed by atoms with Crippen molar-refractivity contribution in [1.29, 1.82) is 0 Å². The molecule has 0 aliphatic carbocycles. The van der Waals surface area contributed by atoms with Crippen molar-refractivity contribution in [2.24, 2.45) is 0 Å². The van der Waals surface area contributed by atoms with Crippen molar-refractivity contribution in [3.05, 3.63) is 48.0 Å². The number of alkyl halides is 3. The Morgan fingerprint density at radius 1 is 1.33 bits per heavy atom. The number of carbonyl (C=O) groups is 1. The van der Waals surface area contributed by atoms with Gasteiger partial charge in [-0.2, -0.15) is 13.2 Å². The molecule has 0 bridgehead atoms. The van der Waals surface area contributed by atoms with E-state index < -0.39 is 23.8 Å². The van der Waals surface area contributed by atoms with E-state index >= 15 is 0 Å². The molecule has 18 heavy (non-hydrogen) atoms. The summed E-state index contributed by atoms with van der Waals surface area (Å²) in [5.74, 6) is -1.02. The van der Waals surface area contributed by atoms with Gasteiger partial charge in [-0.05, 0) is 5.56 Å². The fraction of sp³-hybridized carbons (Fsp3) is 0.250. The molecule has 0 aliphatic rings. The van der Waals surface area contributed by atoms with Gasteiger partial charge >= 0.3 is 6.18 Å². The van der Waals surface area contributed by atoms with Gasteiger partial charge in [0.2, 0.25) is 5.91 Å². The number of rotatable bonds is 4. The highest BCUT2D eigenvalue weighted by atomic mass is 19.4. The first-order chi connectivity index (χ1) is 8.32. The standard InChI is InChI=1S/C12H12F3NO2/c1-8(10(17)12(13,14)15)11(18)16-7-9-5-3-2-4-6-9/h2-6,10,17H,1,7H2,(H,16,18). The highest BCUT2D eigenvalue weighted by Crippen LogP contribution is 2.24. The van der Waals surface area contributed by atoms with E-state index in [9.17, 15) is 18.0 Å². The number of amides is 1. The van der Waals surface area contributed by atoms with Crippen molar-refractivity contribution >= 4 is 5.91 Å². The van der Waals surface area contributed by atoms with Gasteiger partial charge in [-0.25, -0.2) is 0 Å². The summed E-state index contributed by atoms with van der Waals surface area (Å²) in [6, 6.07) is 8.67. The number of aliphatic hydroxyl groups is 1. The molecule has 1 atom stereocenters. The summed E-state index contributed by atoms with van der Waals surface area (Å²) in [5.41, 5.74) is -0.182. The minimum Gasteiger partial charge on any atom is -0.379 e. The van der Waals surface area contributed by atoms with E-state index in [0.29, 0.717) is 0 Å². The minimum absolute atomic E-state index is 0.0727. The van der Waals surface area contributed by atoms with Gasteiger partial charge in [0, 0.05) is 12.1 Å². The molecular weight excluding hydrogens is 247 g/mol. The summed E-state index contributed by atoms with van der Waals surface area (Å²) in [5, 5.41) is 11.1. The maximum absolute atomic E-state index is 12.1. The van der Waals surface area contributed by atoms with Gasteiger partial charge in [0.1, 0.15) is 0 Å². The second-order valence-electron chi connectivity index (χ2n) is 3.64. The molecule has 3 nitrogen and oxygen atoms in total. The lowest BCUT2D eigenvalue weighted by Gasteiger charge is -2.16. The monoisotopic (exact) mass is 259 g/mol. The summed E-state index contributed by atoms with van der Waals surface area (Å²) in [4.78, 5) is 11.3. The van der Waals surface area contributed by atoms with E-state index in [1.54, 1.807) is 30.3 Å². The van der Waals surface area contributed by atoms with Gasteiger partial charge < -0.3 is 10.4 Å². The summed E-state index contributed by atoms with van der Waals surface area (Å²) in [6.07, 6.45) is -7.73. The Morgan fingerprint density at radius 2 is 1.89 bits per heavy atom. The van der Waals surface area contributed by atoms with E-state index in [4.69, 9.17) is 5.11 Å². The predicted molar refractivity (Wildman–Crippen MR) is 59.5 cm³/mol. The molecular formula is C12H12F3NO2. The molecule has 0 aliphatic heterocycles. The molecule has 6 heteroatoms. The minimum atomic E-state index is -4.89. The number of benzene rings is 1. The first-order valence-electron chi connectivity index (χ1n) is 5.08. The molecule has 0 saturated carbocycles. The third-order valence-electron chi connectivity index (χ3n) is 2.23. The molecule has 0 saturated heterocycles. The van der Waals surface area contributed by atoms with Crippen LogP contribution < -0.4 is 5.32 Å². The molecule has 0 aromatic heterocycles. The molecule has 0 heterocycles. The third kappa shape index (κ3) is 3.89. The fourth-order valence-corrected chi connectivity index (χ4v) is 1.21.